The zero-order valence-corrected chi connectivity index (χ0v) is 17.3. The highest BCUT2D eigenvalue weighted by atomic mass is 19.1. The highest BCUT2D eigenvalue weighted by molar-refractivity contribution is 6.03. The lowest BCUT2D eigenvalue weighted by Gasteiger charge is -2.08. The first-order chi connectivity index (χ1) is 16.0. The van der Waals surface area contributed by atoms with Gasteiger partial charge in [-0.15, -0.1) is 0 Å². The third-order valence-electron chi connectivity index (χ3n) is 4.81. The van der Waals surface area contributed by atoms with Gasteiger partial charge in [0.05, 0.1) is 11.5 Å². The maximum atomic E-state index is 13.8. The van der Waals surface area contributed by atoms with Crippen LogP contribution in [0.15, 0.2) is 85.1 Å². The van der Waals surface area contributed by atoms with Crippen molar-refractivity contribution < 1.29 is 18.8 Å². The lowest BCUT2D eigenvalue weighted by Crippen LogP contribution is -2.13. The van der Waals surface area contributed by atoms with Crippen molar-refractivity contribution in [2.24, 2.45) is 0 Å². The quantitative estimate of drug-likeness (QED) is 0.309. The molecule has 1 aromatic heterocycles. The topological polar surface area (TPSA) is 99.3 Å². The van der Waals surface area contributed by atoms with Crippen LogP contribution in [0.1, 0.15) is 21.5 Å². The summed E-state index contributed by atoms with van der Waals surface area (Å²) >= 11 is 0. The zero-order valence-electron chi connectivity index (χ0n) is 17.3. The van der Waals surface area contributed by atoms with Gasteiger partial charge in [-0.25, -0.2) is 4.39 Å². The van der Waals surface area contributed by atoms with Crippen molar-refractivity contribution in [2.75, 3.05) is 5.32 Å². The number of hydrogen-bond donors (Lipinski definition) is 1. The van der Waals surface area contributed by atoms with E-state index in [1.165, 1.54) is 30.3 Å². The summed E-state index contributed by atoms with van der Waals surface area (Å²) in [7, 11) is 0. The van der Waals surface area contributed by atoms with E-state index in [9.17, 15) is 19.3 Å². The second-order valence-corrected chi connectivity index (χ2v) is 7.18. The number of non-ortho nitro benzene ring substituents is 1. The fraction of sp³-hybridized carbons (Fsp3) is 0.0833. The number of carbonyl (C=O) groups excluding carboxylic acids is 1. The predicted molar refractivity (Wildman–Crippen MR) is 120 cm³/mol. The minimum absolute atomic E-state index is 0.0163. The molecule has 166 valence electrons. The molecule has 4 aromatic rings. The van der Waals surface area contributed by atoms with E-state index < -0.39 is 4.92 Å². The lowest BCUT2D eigenvalue weighted by molar-refractivity contribution is -0.384. The highest BCUT2D eigenvalue weighted by Gasteiger charge is 2.10. The van der Waals surface area contributed by atoms with E-state index >= 15 is 0 Å². The first-order valence-electron chi connectivity index (χ1n) is 10.0. The molecular weight excluding hydrogens is 427 g/mol. The van der Waals surface area contributed by atoms with Crippen molar-refractivity contribution in [3.63, 3.8) is 0 Å². The molecular formula is C24H19FN4O4. The minimum atomic E-state index is -0.477. The number of hydrogen-bond acceptors (Lipinski definition) is 5. The Labute approximate surface area is 188 Å². The van der Waals surface area contributed by atoms with Crippen LogP contribution in [0.5, 0.6) is 5.75 Å². The Morgan fingerprint density at radius 1 is 1.06 bits per heavy atom. The SMILES string of the molecule is O=C(Nc1ccn(Cc2ccccc2F)n1)c1cccc(COc2ccc([N+](=O)[O-])cc2)c1. The number of nitrogens with one attached hydrogen (secondary N) is 1. The normalized spacial score (nSPS) is 10.6. The van der Waals surface area contributed by atoms with Crippen molar-refractivity contribution in [3.8, 4) is 5.75 Å². The molecule has 0 saturated carbocycles. The summed E-state index contributed by atoms with van der Waals surface area (Å²) in [5, 5.41) is 17.7. The van der Waals surface area contributed by atoms with Crippen molar-refractivity contribution in [1.29, 1.82) is 0 Å². The van der Waals surface area contributed by atoms with E-state index in [0.29, 0.717) is 22.7 Å². The molecule has 0 aliphatic rings. The standard InChI is InChI=1S/C24H19FN4O4/c25-22-7-2-1-5-19(22)15-28-13-12-23(27-28)26-24(30)18-6-3-4-17(14-18)16-33-21-10-8-20(9-11-21)29(31)32/h1-14H,15-16H2,(H,26,27,30). The number of nitro groups is 1. The Morgan fingerprint density at radius 3 is 2.61 bits per heavy atom. The molecule has 8 nitrogen and oxygen atoms in total. The van der Waals surface area contributed by atoms with Gasteiger partial charge in [-0.05, 0) is 35.9 Å². The average Bonchev–Trinajstić information content (AvgIpc) is 3.26. The van der Waals surface area contributed by atoms with Crippen LogP contribution in [0.25, 0.3) is 0 Å². The highest BCUT2D eigenvalue weighted by Crippen LogP contribution is 2.19. The summed E-state index contributed by atoms with van der Waals surface area (Å²) in [6.07, 6.45) is 1.66. The Bertz CT molecular complexity index is 1290. The molecule has 0 saturated heterocycles. The minimum Gasteiger partial charge on any atom is -0.489 e. The van der Waals surface area contributed by atoms with E-state index in [-0.39, 0.29) is 30.6 Å². The molecule has 0 aliphatic carbocycles. The molecule has 0 bridgehead atoms. The van der Waals surface area contributed by atoms with Gasteiger partial charge in [-0.2, -0.15) is 5.10 Å². The summed E-state index contributed by atoms with van der Waals surface area (Å²) in [5.41, 5.74) is 1.66. The summed E-state index contributed by atoms with van der Waals surface area (Å²) < 4.78 is 21.0. The summed E-state index contributed by atoms with van der Waals surface area (Å²) in [6.45, 7) is 0.439. The van der Waals surface area contributed by atoms with Crippen LogP contribution in [0.3, 0.4) is 0 Å². The molecule has 0 radical (unpaired) electrons. The van der Waals surface area contributed by atoms with Gasteiger partial charge in [-0.3, -0.25) is 19.6 Å². The molecule has 1 amide bonds. The van der Waals surface area contributed by atoms with E-state index in [2.05, 4.69) is 10.4 Å². The predicted octanol–water partition coefficient (Wildman–Crippen LogP) is 4.81. The molecule has 0 unspecified atom stereocenters. The van der Waals surface area contributed by atoms with E-state index in [1.54, 1.807) is 53.3 Å². The Kier molecular flexibility index (Phi) is 6.40. The molecule has 9 heteroatoms. The maximum absolute atomic E-state index is 13.8. The van der Waals surface area contributed by atoms with Gasteiger partial charge < -0.3 is 10.1 Å². The van der Waals surface area contributed by atoms with Crippen LogP contribution in [-0.2, 0) is 13.2 Å². The van der Waals surface area contributed by atoms with Gasteiger partial charge in [0.25, 0.3) is 11.6 Å². The molecule has 1 N–H and O–H groups in total. The van der Waals surface area contributed by atoms with Crippen LogP contribution in [0.2, 0.25) is 0 Å². The van der Waals surface area contributed by atoms with Crippen molar-refractivity contribution in [2.45, 2.75) is 13.2 Å². The second-order valence-electron chi connectivity index (χ2n) is 7.18. The monoisotopic (exact) mass is 446 g/mol. The molecule has 4 rings (SSSR count). The molecule has 0 atom stereocenters. The van der Waals surface area contributed by atoms with Crippen LogP contribution >= 0.6 is 0 Å². The van der Waals surface area contributed by atoms with E-state index in [4.69, 9.17) is 4.74 Å². The van der Waals surface area contributed by atoms with Gasteiger partial charge in [0.2, 0.25) is 0 Å². The lowest BCUT2D eigenvalue weighted by atomic mass is 10.1. The zero-order chi connectivity index (χ0) is 23.2. The Morgan fingerprint density at radius 2 is 1.85 bits per heavy atom. The molecule has 0 aliphatic heterocycles. The first-order valence-corrected chi connectivity index (χ1v) is 10.0. The Hall–Kier alpha value is -4.53. The number of nitrogens with zero attached hydrogens (tertiary/aromatic N) is 3. The number of halogens is 1. The van der Waals surface area contributed by atoms with Crippen LogP contribution in [-0.4, -0.2) is 20.6 Å². The molecule has 0 spiro atoms. The maximum Gasteiger partial charge on any atom is 0.269 e. The van der Waals surface area contributed by atoms with Crippen molar-refractivity contribution in [1.82, 2.24) is 9.78 Å². The fourth-order valence-corrected chi connectivity index (χ4v) is 3.14. The summed E-state index contributed by atoms with van der Waals surface area (Å²) in [5.74, 6) is 0.175. The van der Waals surface area contributed by atoms with E-state index in [0.717, 1.165) is 5.56 Å². The summed E-state index contributed by atoms with van der Waals surface area (Å²) in [4.78, 5) is 22.9. The molecule has 0 fully saturated rings. The van der Waals surface area contributed by atoms with Crippen molar-refractivity contribution in [3.05, 3.63) is 118 Å². The third kappa shape index (κ3) is 5.59. The Balaban J connectivity index is 1.36. The van der Waals surface area contributed by atoms with Gasteiger partial charge in [0, 0.05) is 35.5 Å². The number of benzene rings is 3. The number of ether oxygens (including phenoxy) is 1. The number of aromatic nitrogens is 2. The molecule has 33 heavy (non-hydrogen) atoms. The number of rotatable bonds is 8. The second kappa shape index (κ2) is 9.73. The van der Waals surface area contributed by atoms with Gasteiger partial charge >= 0.3 is 0 Å². The fourth-order valence-electron chi connectivity index (χ4n) is 3.14. The number of carbonyl (C=O) groups is 1. The number of amides is 1. The van der Waals surface area contributed by atoms with Crippen LogP contribution in [0, 0.1) is 15.9 Å². The first kappa shape index (κ1) is 21.7. The van der Waals surface area contributed by atoms with Gasteiger partial charge in [0.15, 0.2) is 5.82 Å². The van der Waals surface area contributed by atoms with Crippen LogP contribution < -0.4 is 10.1 Å². The largest absolute Gasteiger partial charge is 0.489 e. The third-order valence-corrected chi connectivity index (χ3v) is 4.81. The molecule has 1 heterocycles. The average molecular weight is 446 g/mol. The van der Waals surface area contributed by atoms with E-state index in [1.807, 2.05) is 6.07 Å². The van der Waals surface area contributed by atoms with Crippen molar-refractivity contribution >= 4 is 17.4 Å². The number of anilines is 1. The van der Waals surface area contributed by atoms with Gasteiger partial charge in [0.1, 0.15) is 18.2 Å². The smallest absolute Gasteiger partial charge is 0.269 e. The van der Waals surface area contributed by atoms with Crippen LogP contribution in [0.4, 0.5) is 15.9 Å². The summed E-state index contributed by atoms with van der Waals surface area (Å²) in [6, 6.07) is 20.8. The molecule has 3 aromatic carbocycles. The van der Waals surface area contributed by atoms with Gasteiger partial charge in [-0.1, -0.05) is 30.3 Å². The number of nitro benzene ring substituents is 1.